The number of amides is 2. The molecule has 6 heteroatoms. The van der Waals surface area contributed by atoms with Crippen molar-refractivity contribution in [1.29, 1.82) is 0 Å². The highest BCUT2D eigenvalue weighted by molar-refractivity contribution is 5.99. The molecule has 164 valence electrons. The summed E-state index contributed by atoms with van der Waals surface area (Å²) in [7, 11) is 0. The number of hydrogen-bond donors (Lipinski definition) is 2. The molecule has 0 saturated carbocycles. The fourth-order valence-electron chi connectivity index (χ4n) is 3.97. The molecule has 1 saturated heterocycles. The van der Waals surface area contributed by atoms with E-state index in [0.29, 0.717) is 5.56 Å². The van der Waals surface area contributed by atoms with Crippen molar-refractivity contribution in [2.24, 2.45) is 5.73 Å². The van der Waals surface area contributed by atoms with Crippen LogP contribution in [0.15, 0.2) is 78.9 Å². The van der Waals surface area contributed by atoms with Crippen molar-refractivity contribution in [1.82, 2.24) is 9.80 Å². The van der Waals surface area contributed by atoms with E-state index in [4.69, 9.17) is 5.73 Å². The summed E-state index contributed by atoms with van der Waals surface area (Å²) in [6, 6.07) is 24.9. The van der Waals surface area contributed by atoms with E-state index in [9.17, 15) is 9.59 Å². The molecular formula is C26H28N4O2. The van der Waals surface area contributed by atoms with Gasteiger partial charge in [-0.05, 0) is 48.4 Å². The molecule has 3 aromatic carbocycles. The minimum absolute atomic E-state index is 0.101. The third kappa shape index (κ3) is 5.34. The Morgan fingerprint density at radius 2 is 1.50 bits per heavy atom. The van der Waals surface area contributed by atoms with Crippen LogP contribution in [0.4, 0.5) is 11.4 Å². The van der Waals surface area contributed by atoms with Crippen LogP contribution in [-0.4, -0.2) is 54.3 Å². The van der Waals surface area contributed by atoms with Gasteiger partial charge < -0.3 is 16.0 Å². The lowest BCUT2D eigenvalue weighted by atomic mass is 10.0. The molecule has 6 nitrogen and oxygen atoms in total. The Balaban J connectivity index is 1.34. The maximum Gasteiger partial charge on any atom is 0.253 e. The Morgan fingerprint density at radius 3 is 2.16 bits per heavy atom. The van der Waals surface area contributed by atoms with Gasteiger partial charge in [-0.25, -0.2) is 0 Å². The largest absolute Gasteiger partial charge is 0.366 e. The summed E-state index contributed by atoms with van der Waals surface area (Å²) in [6.07, 6.45) is 0.856. The lowest BCUT2D eigenvalue weighted by Crippen LogP contribution is -2.49. The van der Waals surface area contributed by atoms with Gasteiger partial charge >= 0.3 is 0 Å². The third-order valence-corrected chi connectivity index (χ3v) is 5.80. The second kappa shape index (κ2) is 10.1. The molecule has 0 atom stereocenters. The van der Waals surface area contributed by atoms with Gasteiger partial charge in [-0.2, -0.15) is 0 Å². The number of para-hydroxylation sites is 1. The van der Waals surface area contributed by atoms with Crippen molar-refractivity contribution in [3.8, 4) is 0 Å². The van der Waals surface area contributed by atoms with Crippen LogP contribution in [0.1, 0.15) is 26.3 Å². The third-order valence-electron chi connectivity index (χ3n) is 5.80. The number of hydrogen-bond acceptors (Lipinski definition) is 4. The van der Waals surface area contributed by atoms with Crippen molar-refractivity contribution >= 4 is 23.2 Å². The number of carbonyl (C=O) groups excluding carboxylic acids is 2. The number of benzene rings is 3. The van der Waals surface area contributed by atoms with E-state index in [2.05, 4.69) is 10.2 Å². The Bertz CT molecular complexity index is 1060. The van der Waals surface area contributed by atoms with Gasteiger partial charge in [-0.1, -0.05) is 42.5 Å². The first-order valence-electron chi connectivity index (χ1n) is 10.9. The second-order valence-corrected chi connectivity index (χ2v) is 7.99. The van der Waals surface area contributed by atoms with Crippen LogP contribution in [-0.2, 0) is 6.42 Å². The van der Waals surface area contributed by atoms with Crippen LogP contribution in [0, 0.1) is 0 Å². The van der Waals surface area contributed by atoms with Crippen LogP contribution in [0.5, 0.6) is 0 Å². The number of carbonyl (C=O) groups is 2. The average Bonchev–Trinajstić information content (AvgIpc) is 2.84. The van der Waals surface area contributed by atoms with Crippen molar-refractivity contribution in [2.45, 2.75) is 6.42 Å². The second-order valence-electron chi connectivity index (χ2n) is 7.99. The monoisotopic (exact) mass is 428 g/mol. The van der Waals surface area contributed by atoms with E-state index in [0.717, 1.165) is 61.6 Å². The number of piperazine rings is 1. The Hall–Kier alpha value is -3.64. The molecule has 0 aromatic heterocycles. The van der Waals surface area contributed by atoms with Crippen LogP contribution in [0.25, 0.3) is 0 Å². The highest BCUT2D eigenvalue weighted by atomic mass is 16.2. The fraction of sp³-hybridized carbons (Fsp3) is 0.231. The summed E-state index contributed by atoms with van der Waals surface area (Å²) < 4.78 is 0. The maximum atomic E-state index is 12.6. The molecular weight excluding hydrogens is 400 g/mol. The standard InChI is InChI=1S/C26H28N4O2/c27-25(31)23-12-11-20(19-24(23)28-22-9-5-2-6-10-22)13-14-29-15-17-30(18-16-29)26(32)21-7-3-1-4-8-21/h1-12,19,28H,13-18H2,(H2,27,31). The number of nitrogens with two attached hydrogens (primary N) is 1. The minimum Gasteiger partial charge on any atom is -0.366 e. The summed E-state index contributed by atoms with van der Waals surface area (Å²) in [4.78, 5) is 28.8. The average molecular weight is 429 g/mol. The number of nitrogens with zero attached hydrogens (tertiary/aromatic N) is 2. The molecule has 4 rings (SSSR count). The van der Waals surface area contributed by atoms with Gasteiger partial charge in [0.1, 0.15) is 0 Å². The normalized spacial score (nSPS) is 14.2. The topological polar surface area (TPSA) is 78.7 Å². The summed E-state index contributed by atoms with van der Waals surface area (Å²) in [5.74, 6) is -0.349. The molecule has 3 N–H and O–H groups in total. The first-order valence-corrected chi connectivity index (χ1v) is 10.9. The van der Waals surface area contributed by atoms with E-state index in [1.807, 2.05) is 77.7 Å². The molecule has 2 amide bonds. The number of anilines is 2. The van der Waals surface area contributed by atoms with Crippen LogP contribution < -0.4 is 11.1 Å². The Morgan fingerprint density at radius 1 is 0.844 bits per heavy atom. The minimum atomic E-state index is -0.450. The van der Waals surface area contributed by atoms with Crippen molar-refractivity contribution in [3.63, 3.8) is 0 Å². The zero-order valence-corrected chi connectivity index (χ0v) is 18.0. The van der Waals surface area contributed by atoms with Crippen molar-refractivity contribution in [3.05, 3.63) is 95.6 Å². The summed E-state index contributed by atoms with van der Waals surface area (Å²) in [5, 5.41) is 3.31. The van der Waals surface area contributed by atoms with E-state index >= 15 is 0 Å². The van der Waals surface area contributed by atoms with E-state index in [1.165, 1.54) is 0 Å². The van der Waals surface area contributed by atoms with Gasteiger partial charge in [0.15, 0.2) is 0 Å². The first kappa shape index (κ1) is 21.6. The van der Waals surface area contributed by atoms with Gasteiger partial charge in [0.2, 0.25) is 0 Å². The molecule has 1 heterocycles. The molecule has 32 heavy (non-hydrogen) atoms. The number of primary amides is 1. The lowest BCUT2D eigenvalue weighted by Gasteiger charge is -2.34. The Kier molecular flexibility index (Phi) is 6.82. The maximum absolute atomic E-state index is 12.6. The van der Waals surface area contributed by atoms with Crippen molar-refractivity contribution in [2.75, 3.05) is 38.0 Å². The SMILES string of the molecule is NC(=O)c1ccc(CCN2CCN(C(=O)c3ccccc3)CC2)cc1Nc1ccccc1. The van der Waals surface area contributed by atoms with Crippen molar-refractivity contribution < 1.29 is 9.59 Å². The number of rotatable bonds is 7. The molecule has 1 aliphatic rings. The van der Waals surface area contributed by atoms with Gasteiger partial charge in [-0.3, -0.25) is 14.5 Å². The Labute approximate surface area is 188 Å². The van der Waals surface area contributed by atoms with E-state index in [-0.39, 0.29) is 5.91 Å². The molecule has 1 aliphatic heterocycles. The predicted molar refractivity (Wildman–Crippen MR) is 127 cm³/mol. The predicted octanol–water partition coefficient (Wildman–Crippen LogP) is 3.53. The first-order chi connectivity index (χ1) is 15.6. The summed E-state index contributed by atoms with van der Waals surface area (Å²) in [5.41, 5.74) is 9.56. The zero-order chi connectivity index (χ0) is 22.3. The molecule has 0 unspecified atom stereocenters. The van der Waals surface area contributed by atoms with E-state index in [1.54, 1.807) is 6.07 Å². The smallest absolute Gasteiger partial charge is 0.253 e. The molecule has 0 spiro atoms. The highest BCUT2D eigenvalue weighted by Crippen LogP contribution is 2.23. The molecule has 3 aromatic rings. The lowest BCUT2D eigenvalue weighted by molar-refractivity contribution is 0.0638. The molecule has 0 aliphatic carbocycles. The fourth-order valence-corrected chi connectivity index (χ4v) is 3.97. The zero-order valence-electron chi connectivity index (χ0n) is 18.0. The number of nitrogens with one attached hydrogen (secondary N) is 1. The van der Waals surface area contributed by atoms with Gasteiger partial charge in [0, 0.05) is 44.0 Å². The summed E-state index contributed by atoms with van der Waals surface area (Å²) in [6.45, 7) is 4.07. The van der Waals surface area contributed by atoms with Gasteiger partial charge in [0.05, 0.1) is 11.3 Å². The van der Waals surface area contributed by atoms with Crippen LogP contribution >= 0.6 is 0 Å². The van der Waals surface area contributed by atoms with Crippen LogP contribution in [0.3, 0.4) is 0 Å². The van der Waals surface area contributed by atoms with Gasteiger partial charge in [-0.15, -0.1) is 0 Å². The van der Waals surface area contributed by atoms with Crippen LogP contribution in [0.2, 0.25) is 0 Å². The molecule has 1 fully saturated rings. The summed E-state index contributed by atoms with van der Waals surface area (Å²) >= 11 is 0. The highest BCUT2D eigenvalue weighted by Gasteiger charge is 2.21. The molecule has 0 bridgehead atoms. The van der Waals surface area contributed by atoms with E-state index < -0.39 is 5.91 Å². The molecule has 0 radical (unpaired) electrons. The van der Waals surface area contributed by atoms with Gasteiger partial charge in [0.25, 0.3) is 11.8 Å². The quantitative estimate of drug-likeness (QED) is 0.603.